The molecule has 2 heterocycles. The summed E-state index contributed by atoms with van der Waals surface area (Å²) in [5.74, 6) is 1.12. The van der Waals surface area contributed by atoms with Crippen LogP contribution in [0.15, 0.2) is 59.4 Å². The fourth-order valence-electron chi connectivity index (χ4n) is 3.82. The Labute approximate surface area is 185 Å². The van der Waals surface area contributed by atoms with Gasteiger partial charge in [-0.15, -0.1) is 10.2 Å². The molecular weight excluding hydrogens is 406 g/mol. The Morgan fingerprint density at radius 3 is 2.62 bits per heavy atom. The number of aromatic nitrogens is 4. The molecule has 0 aliphatic rings. The quantitative estimate of drug-likeness (QED) is 0.388. The number of fused-ring (bicyclic) bond motifs is 3. The molecule has 0 atom stereocenters. The van der Waals surface area contributed by atoms with Gasteiger partial charge in [-0.3, -0.25) is 18.6 Å². The molecule has 1 N–H and O–H groups in total. The number of methoxy groups -OCH3 is 1. The first-order valence-electron chi connectivity index (χ1n) is 10.8. The first-order valence-corrected chi connectivity index (χ1v) is 10.8. The highest BCUT2D eigenvalue weighted by Gasteiger charge is 2.17. The molecule has 166 valence electrons. The Balaban J connectivity index is 1.62. The summed E-state index contributed by atoms with van der Waals surface area (Å²) < 4.78 is 8.58. The number of nitrogens with zero attached hydrogens (tertiary/aromatic N) is 4. The van der Waals surface area contributed by atoms with Gasteiger partial charge in [-0.25, -0.2) is 0 Å². The third-order valence-corrected chi connectivity index (χ3v) is 5.46. The van der Waals surface area contributed by atoms with Gasteiger partial charge in [0.15, 0.2) is 0 Å². The first-order chi connectivity index (χ1) is 15.7. The molecule has 1 amide bonds. The summed E-state index contributed by atoms with van der Waals surface area (Å²) in [6, 6.07) is 17.5. The van der Waals surface area contributed by atoms with Crippen LogP contribution in [0, 0.1) is 0 Å². The van der Waals surface area contributed by atoms with Gasteiger partial charge >= 0.3 is 0 Å². The van der Waals surface area contributed by atoms with E-state index in [-0.39, 0.29) is 11.5 Å². The van der Waals surface area contributed by atoms with Crippen molar-refractivity contribution in [3.8, 4) is 0 Å². The van der Waals surface area contributed by atoms with Crippen LogP contribution in [-0.4, -0.2) is 45.3 Å². The van der Waals surface area contributed by atoms with Crippen molar-refractivity contribution in [2.45, 2.75) is 32.2 Å². The molecule has 4 rings (SSSR count). The average molecular weight is 434 g/mol. The molecule has 0 fully saturated rings. The van der Waals surface area contributed by atoms with E-state index in [2.05, 4.69) is 15.5 Å². The van der Waals surface area contributed by atoms with E-state index < -0.39 is 0 Å². The van der Waals surface area contributed by atoms with E-state index in [1.807, 2.05) is 59.0 Å². The van der Waals surface area contributed by atoms with Crippen LogP contribution in [-0.2, 0) is 28.9 Å². The van der Waals surface area contributed by atoms with Crippen molar-refractivity contribution >= 4 is 22.6 Å². The van der Waals surface area contributed by atoms with Gasteiger partial charge in [-0.05, 0) is 30.5 Å². The molecule has 2 aromatic heterocycles. The van der Waals surface area contributed by atoms with E-state index in [9.17, 15) is 9.59 Å². The Morgan fingerprint density at radius 1 is 1.03 bits per heavy atom. The van der Waals surface area contributed by atoms with Crippen molar-refractivity contribution < 1.29 is 9.53 Å². The summed E-state index contributed by atoms with van der Waals surface area (Å²) in [5, 5.41) is 12.2. The van der Waals surface area contributed by atoms with Gasteiger partial charge in [0.25, 0.3) is 5.56 Å². The van der Waals surface area contributed by atoms with Crippen molar-refractivity contribution in [2.75, 3.05) is 20.3 Å². The van der Waals surface area contributed by atoms with Crippen LogP contribution in [0.2, 0.25) is 0 Å². The minimum atomic E-state index is -0.0844. The van der Waals surface area contributed by atoms with Crippen molar-refractivity contribution in [1.82, 2.24) is 24.5 Å². The number of ether oxygens (including phenoxy) is 1. The lowest BCUT2D eigenvalue weighted by atomic mass is 10.1. The summed E-state index contributed by atoms with van der Waals surface area (Å²) >= 11 is 0. The number of hydrogen-bond acceptors (Lipinski definition) is 5. The molecule has 32 heavy (non-hydrogen) atoms. The molecule has 2 aromatic carbocycles. The SMILES string of the molecule is COCCCNC(=O)CCc1nnc2n(CCc3ccccc3)c(=O)c3ccccc3n12. The number of carbonyl (C=O) groups is 1. The van der Waals surface area contributed by atoms with Gasteiger partial charge in [0.2, 0.25) is 11.7 Å². The van der Waals surface area contributed by atoms with E-state index in [0.717, 1.165) is 17.5 Å². The average Bonchev–Trinajstić information content (AvgIpc) is 3.25. The summed E-state index contributed by atoms with van der Waals surface area (Å²) in [6.07, 6.45) is 2.21. The van der Waals surface area contributed by atoms with Crippen molar-refractivity contribution in [2.24, 2.45) is 0 Å². The van der Waals surface area contributed by atoms with Crippen LogP contribution in [0.1, 0.15) is 24.2 Å². The fraction of sp³-hybridized carbons (Fsp3) is 0.333. The van der Waals surface area contributed by atoms with Crippen LogP contribution in [0.5, 0.6) is 0 Å². The van der Waals surface area contributed by atoms with Crippen molar-refractivity contribution in [3.63, 3.8) is 0 Å². The second kappa shape index (κ2) is 10.2. The molecular formula is C24H27N5O3. The molecule has 0 radical (unpaired) electrons. The Hall–Kier alpha value is -3.52. The Kier molecular flexibility index (Phi) is 6.91. The van der Waals surface area contributed by atoms with Gasteiger partial charge < -0.3 is 10.1 Å². The lowest BCUT2D eigenvalue weighted by Crippen LogP contribution is -2.26. The lowest BCUT2D eigenvalue weighted by molar-refractivity contribution is -0.121. The number of rotatable bonds is 10. The third-order valence-electron chi connectivity index (χ3n) is 5.46. The molecule has 0 saturated carbocycles. The number of aryl methyl sites for hydroxylation is 3. The van der Waals surface area contributed by atoms with Gasteiger partial charge in [-0.1, -0.05) is 42.5 Å². The topological polar surface area (TPSA) is 90.5 Å². The number of carbonyl (C=O) groups excluding carboxylic acids is 1. The summed E-state index contributed by atoms with van der Waals surface area (Å²) in [5.41, 5.74) is 1.82. The smallest absolute Gasteiger partial charge is 0.262 e. The second-order valence-corrected chi connectivity index (χ2v) is 7.66. The third kappa shape index (κ3) is 4.70. The molecule has 4 aromatic rings. The highest BCUT2D eigenvalue weighted by atomic mass is 16.5. The normalized spacial score (nSPS) is 11.3. The molecule has 0 saturated heterocycles. The van der Waals surface area contributed by atoms with Gasteiger partial charge in [0, 0.05) is 39.6 Å². The minimum Gasteiger partial charge on any atom is -0.385 e. The molecule has 0 aliphatic carbocycles. The van der Waals surface area contributed by atoms with E-state index in [1.54, 1.807) is 11.7 Å². The first kappa shape index (κ1) is 21.7. The minimum absolute atomic E-state index is 0.0421. The standard InChI is InChI=1S/C24H27N5O3/c1-32-17-7-15-25-22(30)13-12-21-26-27-24-28(16-14-18-8-3-2-4-9-18)23(31)19-10-5-6-11-20(19)29(21)24/h2-6,8-11H,7,12-17H2,1H3,(H,25,30). The fourth-order valence-corrected chi connectivity index (χ4v) is 3.82. The van der Waals surface area contributed by atoms with Crippen molar-refractivity contribution in [3.05, 3.63) is 76.3 Å². The molecule has 8 heteroatoms. The van der Waals surface area contributed by atoms with Crippen LogP contribution < -0.4 is 10.9 Å². The molecule has 0 spiro atoms. The van der Waals surface area contributed by atoms with E-state index in [0.29, 0.717) is 55.9 Å². The monoisotopic (exact) mass is 433 g/mol. The van der Waals surface area contributed by atoms with Crippen LogP contribution in [0.25, 0.3) is 16.7 Å². The number of amides is 1. The van der Waals surface area contributed by atoms with Crippen molar-refractivity contribution in [1.29, 1.82) is 0 Å². The molecule has 8 nitrogen and oxygen atoms in total. The van der Waals surface area contributed by atoms with Gasteiger partial charge in [0.05, 0.1) is 10.9 Å². The van der Waals surface area contributed by atoms with Crippen LogP contribution >= 0.6 is 0 Å². The number of para-hydroxylation sites is 1. The number of nitrogens with one attached hydrogen (secondary N) is 1. The Bertz CT molecular complexity index is 1260. The maximum atomic E-state index is 13.2. The zero-order valence-corrected chi connectivity index (χ0v) is 18.2. The predicted molar refractivity (Wildman–Crippen MR) is 123 cm³/mol. The summed E-state index contributed by atoms with van der Waals surface area (Å²) in [4.78, 5) is 25.4. The van der Waals surface area contributed by atoms with E-state index in [4.69, 9.17) is 4.74 Å². The zero-order chi connectivity index (χ0) is 22.3. The number of benzene rings is 2. The highest BCUT2D eigenvalue weighted by Crippen LogP contribution is 2.16. The highest BCUT2D eigenvalue weighted by molar-refractivity contribution is 5.80. The van der Waals surface area contributed by atoms with E-state index >= 15 is 0 Å². The zero-order valence-electron chi connectivity index (χ0n) is 18.2. The second-order valence-electron chi connectivity index (χ2n) is 7.66. The molecule has 0 unspecified atom stereocenters. The predicted octanol–water partition coefficient (Wildman–Crippen LogP) is 2.37. The number of hydrogen-bond donors (Lipinski definition) is 1. The Morgan fingerprint density at radius 2 is 1.81 bits per heavy atom. The lowest BCUT2D eigenvalue weighted by Gasteiger charge is -2.11. The van der Waals surface area contributed by atoms with E-state index in [1.165, 1.54) is 0 Å². The maximum absolute atomic E-state index is 13.2. The maximum Gasteiger partial charge on any atom is 0.262 e. The summed E-state index contributed by atoms with van der Waals surface area (Å²) in [7, 11) is 1.64. The molecule has 0 bridgehead atoms. The van der Waals surface area contributed by atoms with Gasteiger partial charge in [-0.2, -0.15) is 0 Å². The molecule has 0 aliphatic heterocycles. The van der Waals surface area contributed by atoms with Gasteiger partial charge in [0.1, 0.15) is 5.82 Å². The largest absolute Gasteiger partial charge is 0.385 e. The summed E-state index contributed by atoms with van der Waals surface area (Å²) in [6.45, 7) is 1.69. The van der Waals surface area contributed by atoms with Crippen LogP contribution in [0.3, 0.4) is 0 Å². The van der Waals surface area contributed by atoms with Crippen LogP contribution in [0.4, 0.5) is 0 Å².